The Morgan fingerprint density at radius 1 is 1.09 bits per heavy atom. The van der Waals surface area contributed by atoms with Crippen molar-refractivity contribution >= 4 is 16.5 Å². The largest absolute Gasteiger partial charge is 0.507 e. The molecule has 0 unspecified atom stereocenters. The highest BCUT2D eigenvalue weighted by atomic mass is 32.1. The zero-order valence-electron chi connectivity index (χ0n) is 15.2. The van der Waals surface area contributed by atoms with Crippen LogP contribution in [0.1, 0.15) is 63.1 Å². The Bertz CT molecular complexity index is 690. The van der Waals surface area contributed by atoms with Gasteiger partial charge < -0.3 is 10.4 Å². The Hall–Kier alpha value is -1.55. The molecule has 0 radical (unpaired) electrons. The molecule has 3 nitrogen and oxygen atoms in total. The minimum Gasteiger partial charge on any atom is -0.507 e. The van der Waals surface area contributed by atoms with E-state index in [2.05, 4.69) is 64.0 Å². The number of aryl methyl sites for hydroxylation is 1. The number of nitrogens with one attached hydrogen (secondary N) is 1. The summed E-state index contributed by atoms with van der Waals surface area (Å²) in [5.74, 6) is 0.395. The zero-order valence-corrected chi connectivity index (χ0v) is 16.1. The van der Waals surface area contributed by atoms with Gasteiger partial charge >= 0.3 is 0 Å². The molecule has 1 aromatic carbocycles. The van der Waals surface area contributed by atoms with Crippen molar-refractivity contribution in [3.05, 3.63) is 39.9 Å². The van der Waals surface area contributed by atoms with E-state index in [-0.39, 0.29) is 10.8 Å². The van der Waals surface area contributed by atoms with E-state index in [1.807, 2.05) is 13.1 Å². The molecule has 0 aliphatic rings. The number of hydrogen-bond acceptors (Lipinski definition) is 4. The lowest BCUT2D eigenvalue weighted by Gasteiger charge is -2.27. The fraction of sp³-hybridized carbons (Fsp3) is 0.526. The van der Waals surface area contributed by atoms with E-state index in [9.17, 15) is 5.11 Å². The Labute approximate surface area is 143 Å². The predicted octanol–water partition coefficient (Wildman–Crippen LogP) is 5.36. The Morgan fingerprint density at radius 2 is 1.74 bits per heavy atom. The number of aromatic hydroxyl groups is 1. The van der Waals surface area contributed by atoms with Crippen LogP contribution in [-0.2, 0) is 17.4 Å². The zero-order chi connectivity index (χ0) is 17.4. The van der Waals surface area contributed by atoms with Gasteiger partial charge in [-0.05, 0) is 34.9 Å². The van der Waals surface area contributed by atoms with Crippen LogP contribution in [0, 0.1) is 6.92 Å². The second-order valence-corrected chi connectivity index (χ2v) is 9.40. The van der Waals surface area contributed by atoms with Gasteiger partial charge in [-0.15, -0.1) is 11.3 Å². The van der Waals surface area contributed by atoms with Crippen LogP contribution in [-0.4, -0.2) is 10.1 Å². The summed E-state index contributed by atoms with van der Waals surface area (Å²) in [4.78, 5) is 5.51. The Kier molecular flexibility index (Phi) is 4.76. The summed E-state index contributed by atoms with van der Waals surface area (Å²) in [6.45, 7) is 15.6. The fourth-order valence-corrected chi connectivity index (χ4v) is 3.10. The number of phenols is 1. The van der Waals surface area contributed by atoms with Gasteiger partial charge in [0.15, 0.2) is 5.13 Å². The third-order valence-corrected chi connectivity index (χ3v) is 4.78. The van der Waals surface area contributed by atoms with E-state index in [1.54, 1.807) is 11.3 Å². The molecule has 1 heterocycles. The Balaban J connectivity index is 2.40. The minimum atomic E-state index is -0.0993. The molecule has 0 spiro atoms. The van der Waals surface area contributed by atoms with Gasteiger partial charge in [0.05, 0.1) is 0 Å². The quantitative estimate of drug-likeness (QED) is 0.795. The van der Waals surface area contributed by atoms with Crippen molar-refractivity contribution in [1.29, 1.82) is 0 Å². The molecule has 0 aliphatic heterocycles. The fourth-order valence-electron chi connectivity index (χ4n) is 2.44. The SMILES string of the molecule is Cc1cnc(NCc2cc(C(C)(C)C)cc(C(C)(C)C)c2O)s1. The van der Waals surface area contributed by atoms with Crippen molar-refractivity contribution in [2.45, 2.75) is 65.8 Å². The molecule has 0 saturated heterocycles. The number of nitrogens with zero attached hydrogens (tertiary/aromatic N) is 1. The van der Waals surface area contributed by atoms with Gasteiger partial charge in [0.2, 0.25) is 0 Å². The highest BCUT2D eigenvalue weighted by Crippen LogP contribution is 2.38. The number of thiazole rings is 1. The number of aromatic nitrogens is 1. The summed E-state index contributed by atoms with van der Waals surface area (Å²) in [6, 6.07) is 4.25. The summed E-state index contributed by atoms with van der Waals surface area (Å²) in [5, 5.41) is 15.0. The smallest absolute Gasteiger partial charge is 0.183 e. The summed E-state index contributed by atoms with van der Waals surface area (Å²) < 4.78 is 0. The first-order valence-electron chi connectivity index (χ1n) is 8.01. The molecule has 0 saturated carbocycles. The maximum atomic E-state index is 10.7. The molecule has 4 heteroatoms. The van der Waals surface area contributed by atoms with Crippen molar-refractivity contribution in [1.82, 2.24) is 4.98 Å². The lowest BCUT2D eigenvalue weighted by molar-refractivity contribution is 0.439. The van der Waals surface area contributed by atoms with Crippen LogP contribution in [0.15, 0.2) is 18.3 Å². The van der Waals surface area contributed by atoms with Gasteiger partial charge in [0.25, 0.3) is 0 Å². The van der Waals surface area contributed by atoms with Crippen molar-refractivity contribution in [2.24, 2.45) is 0 Å². The van der Waals surface area contributed by atoms with Crippen LogP contribution in [0.2, 0.25) is 0 Å². The van der Waals surface area contributed by atoms with E-state index in [1.165, 1.54) is 10.4 Å². The predicted molar refractivity (Wildman–Crippen MR) is 99.7 cm³/mol. The molecule has 2 rings (SSSR count). The molecule has 23 heavy (non-hydrogen) atoms. The molecule has 126 valence electrons. The molecule has 0 bridgehead atoms. The van der Waals surface area contributed by atoms with Crippen molar-refractivity contribution in [3.63, 3.8) is 0 Å². The maximum absolute atomic E-state index is 10.7. The summed E-state index contributed by atoms with van der Waals surface area (Å²) in [6.07, 6.45) is 1.86. The van der Waals surface area contributed by atoms with Crippen LogP contribution >= 0.6 is 11.3 Å². The molecule has 0 aliphatic carbocycles. The number of anilines is 1. The normalized spacial score (nSPS) is 12.5. The monoisotopic (exact) mass is 332 g/mol. The number of phenolic OH excluding ortho intramolecular Hbond substituents is 1. The molecular formula is C19H28N2OS. The molecule has 2 N–H and O–H groups in total. The van der Waals surface area contributed by atoms with E-state index in [0.29, 0.717) is 12.3 Å². The first kappa shape index (κ1) is 17.8. The molecular weight excluding hydrogens is 304 g/mol. The van der Waals surface area contributed by atoms with Crippen molar-refractivity contribution < 1.29 is 5.11 Å². The summed E-state index contributed by atoms with van der Waals surface area (Å²) in [5.41, 5.74) is 3.11. The molecule has 0 amide bonds. The van der Waals surface area contributed by atoms with Gasteiger partial charge in [-0.2, -0.15) is 0 Å². The van der Waals surface area contributed by atoms with Crippen LogP contribution in [0.3, 0.4) is 0 Å². The second kappa shape index (κ2) is 6.16. The molecule has 0 atom stereocenters. The molecule has 1 aromatic heterocycles. The number of hydrogen-bond donors (Lipinski definition) is 2. The van der Waals surface area contributed by atoms with E-state index in [4.69, 9.17) is 0 Å². The van der Waals surface area contributed by atoms with Crippen molar-refractivity contribution in [3.8, 4) is 5.75 Å². The summed E-state index contributed by atoms with van der Waals surface area (Å²) in [7, 11) is 0. The first-order chi connectivity index (χ1) is 10.5. The minimum absolute atomic E-state index is 0.0419. The lowest BCUT2D eigenvalue weighted by Crippen LogP contribution is -2.18. The van der Waals surface area contributed by atoms with Gasteiger partial charge in [0, 0.05) is 23.2 Å². The average molecular weight is 333 g/mol. The van der Waals surface area contributed by atoms with Gasteiger partial charge in [-0.3, -0.25) is 0 Å². The summed E-state index contributed by atoms with van der Waals surface area (Å²) >= 11 is 1.63. The van der Waals surface area contributed by atoms with Crippen LogP contribution < -0.4 is 5.32 Å². The van der Waals surface area contributed by atoms with Crippen molar-refractivity contribution in [2.75, 3.05) is 5.32 Å². The first-order valence-corrected chi connectivity index (χ1v) is 8.83. The maximum Gasteiger partial charge on any atom is 0.183 e. The third kappa shape index (κ3) is 4.25. The van der Waals surface area contributed by atoms with Crippen LogP contribution in [0.5, 0.6) is 5.75 Å². The number of rotatable bonds is 3. The van der Waals surface area contributed by atoms with E-state index in [0.717, 1.165) is 16.3 Å². The standard InChI is InChI=1S/C19H28N2OS/c1-12-10-20-17(23-12)21-11-13-8-14(18(2,3)4)9-15(16(13)22)19(5,6)7/h8-10,22H,11H2,1-7H3,(H,20,21). The highest BCUT2D eigenvalue weighted by Gasteiger charge is 2.24. The van der Waals surface area contributed by atoms with Gasteiger partial charge in [-0.25, -0.2) is 4.98 Å². The van der Waals surface area contributed by atoms with Gasteiger partial charge in [0.1, 0.15) is 5.75 Å². The van der Waals surface area contributed by atoms with Crippen LogP contribution in [0.25, 0.3) is 0 Å². The average Bonchev–Trinajstić information content (AvgIpc) is 2.80. The number of benzene rings is 1. The molecule has 0 fully saturated rings. The van der Waals surface area contributed by atoms with Crippen LogP contribution in [0.4, 0.5) is 5.13 Å². The lowest BCUT2D eigenvalue weighted by atomic mass is 9.79. The topological polar surface area (TPSA) is 45.2 Å². The third-order valence-electron chi connectivity index (χ3n) is 3.91. The van der Waals surface area contributed by atoms with E-state index >= 15 is 0 Å². The van der Waals surface area contributed by atoms with E-state index < -0.39 is 0 Å². The Morgan fingerprint density at radius 3 is 2.22 bits per heavy atom. The second-order valence-electron chi connectivity index (χ2n) is 8.16. The highest BCUT2D eigenvalue weighted by molar-refractivity contribution is 7.15. The van der Waals surface area contributed by atoms with Gasteiger partial charge in [-0.1, -0.05) is 47.6 Å². The molecule has 2 aromatic rings.